The fraction of sp³-hybridized carbons (Fsp3) is 0.591. The second-order valence-corrected chi connectivity index (χ2v) is 7.91. The van der Waals surface area contributed by atoms with E-state index in [9.17, 15) is 14.4 Å². The summed E-state index contributed by atoms with van der Waals surface area (Å²) >= 11 is 0. The van der Waals surface area contributed by atoms with E-state index < -0.39 is 18.2 Å². The van der Waals surface area contributed by atoms with Crippen molar-refractivity contribution in [1.29, 1.82) is 0 Å². The quantitative estimate of drug-likeness (QED) is 0.308. The highest BCUT2D eigenvalue weighted by Crippen LogP contribution is 2.35. The highest BCUT2D eigenvalue weighted by Gasteiger charge is 2.40. The van der Waals surface area contributed by atoms with E-state index in [1.807, 2.05) is 32.9 Å². The summed E-state index contributed by atoms with van der Waals surface area (Å²) in [6.07, 6.45) is 5.14. The number of hydrogen-bond donors (Lipinski definition) is 0. The molecule has 0 N–H and O–H groups in total. The predicted octanol–water partition coefficient (Wildman–Crippen LogP) is 3.66. The molecular formula is C22H30O6. The first kappa shape index (κ1) is 21.9. The average Bonchev–Trinajstić information content (AvgIpc) is 2.85. The number of fused-ring (bicyclic) bond motifs is 1. The standard InChI is InChI=1S/C22H30O6/c1-13(2)9-21(24)26-12-17-8-6-7-14(3)19(27-16(5)23)11-18-15(4)22(25)28-20(18)10-17/h7,10,13,18-20H,4,6,8-9,11-12H2,1-3,5H3/b14-7+,17-10-/t18-,19-,20+/m0/s1. The lowest BCUT2D eigenvalue weighted by Gasteiger charge is -2.25. The third-order valence-corrected chi connectivity index (χ3v) is 4.96. The normalized spacial score (nSPS) is 29.1. The second-order valence-electron chi connectivity index (χ2n) is 7.91. The molecule has 1 fully saturated rings. The SMILES string of the molecule is C=C1C(=O)O[C@@H]2/C=C(\COC(=O)CC(C)C)CC/C=C(\C)[C@@H](OC(C)=O)C[C@@H]12. The molecule has 0 spiro atoms. The molecule has 3 atom stereocenters. The van der Waals surface area contributed by atoms with Gasteiger partial charge in [-0.15, -0.1) is 0 Å². The van der Waals surface area contributed by atoms with Gasteiger partial charge in [0.1, 0.15) is 18.8 Å². The summed E-state index contributed by atoms with van der Waals surface area (Å²) in [4.78, 5) is 35.5. The fourth-order valence-corrected chi connectivity index (χ4v) is 3.43. The molecule has 1 aliphatic heterocycles. The minimum atomic E-state index is -0.497. The molecule has 0 aromatic rings. The molecule has 154 valence electrons. The summed E-state index contributed by atoms with van der Waals surface area (Å²) in [5.41, 5.74) is 2.21. The van der Waals surface area contributed by atoms with Crippen LogP contribution in [0.15, 0.2) is 35.5 Å². The Hall–Kier alpha value is -2.37. The van der Waals surface area contributed by atoms with Gasteiger partial charge in [0.05, 0.1) is 0 Å². The van der Waals surface area contributed by atoms with Gasteiger partial charge >= 0.3 is 17.9 Å². The molecular weight excluding hydrogens is 360 g/mol. The summed E-state index contributed by atoms with van der Waals surface area (Å²) in [6.45, 7) is 11.3. The van der Waals surface area contributed by atoms with Gasteiger partial charge in [0, 0.05) is 24.8 Å². The zero-order chi connectivity index (χ0) is 20.8. The van der Waals surface area contributed by atoms with Crippen LogP contribution in [0.2, 0.25) is 0 Å². The van der Waals surface area contributed by atoms with Crippen LogP contribution >= 0.6 is 0 Å². The Morgan fingerprint density at radius 2 is 2.07 bits per heavy atom. The molecule has 0 saturated carbocycles. The van der Waals surface area contributed by atoms with Crippen LogP contribution < -0.4 is 0 Å². The molecule has 6 nitrogen and oxygen atoms in total. The Morgan fingerprint density at radius 3 is 2.71 bits per heavy atom. The van der Waals surface area contributed by atoms with Gasteiger partial charge in [0.15, 0.2) is 0 Å². The number of carbonyl (C=O) groups is 3. The largest absolute Gasteiger partial charge is 0.461 e. The number of allylic oxidation sites excluding steroid dienone is 1. The lowest BCUT2D eigenvalue weighted by molar-refractivity contribution is -0.145. The van der Waals surface area contributed by atoms with Crippen LogP contribution in [0.1, 0.15) is 53.4 Å². The first-order valence-electron chi connectivity index (χ1n) is 9.76. The van der Waals surface area contributed by atoms with Crippen LogP contribution in [0.4, 0.5) is 0 Å². The molecule has 0 bridgehead atoms. The zero-order valence-corrected chi connectivity index (χ0v) is 17.2. The third kappa shape index (κ3) is 6.08. The second kappa shape index (κ2) is 9.71. The minimum Gasteiger partial charge on any atom is -0.461 e. The van der Waals surface area contributed by atoms with Gasteiger partial charge in [-0.25, -0.2) is 4.79 Å². The van der Waals surface area contributed by atoms with Crippen LogP contribution in [0.25, 0.3) is 0 Å². The number of carbonyl (C=O) groups excluding carboxylic acids is 3. The summed E-state index contributed by atoms with van der Waals surface area (Å²) in [5.74, 6) is -1.10. The lowest BCUT2D eigenvalue weighted by Crippen LogP contribution is -2.26. The van der Waals surface area contributed by atoms with E-state index in [0.717, 1.165) is 11.1 Å². The van der Waals surface area contributed by atoms with E-state index in [0.29, 0.717) is 31.3 Å². The Kier molecular flexibility index (Phi) is 7.61. The monoisotopic (exact) mass is 390 g/mol. The van der Waals surface area contributed by atoms with E-state index in [-0.39, 0.29) is 30.4 Å². The Balaban J connectivity index is 2.21. The maximum Gasteiger partial charge on any atom is 0.334 e. The molecule has 1 saturated heterocycles. The summed E-state index contributed by atoms with van der Waals surface area (Å²) in [7, 11) is 0. The molecule has 0 aromatic carbocycles. The highest BCUT2D eigenvalue weighted by molar-refractivity contribution is 5.91. The van der Waals surface area contributed by atoms with E-state index in [1.165, 1.54) is 6.92 Å². The lowest BCUT2D eigenvalue weighted by atomic mass is 9.86. The maximum atomic E-state index is 12.1. The van der Waals surface area contributed by atoms with Crippen molar-refractivity contribution in [2.24, 2.45) is 11.8 Å². The van der Waals surface area contributed by atoms with Crippen molar-refractivity contribution < 1.29 is 28.6 Å². The van der Waals surface area contributed by atoms with Gasteiger partial charge < -0.3 is 14.2 Å². The van der Waals surface area contributed by atoms with Gasteiger partial charge in [-0.3, -0.25) is 9.59 Å². The van der Waals surface area contributed by atoms with Gasteiger partial charge in [0.2, 0.25) is 0 Å². The van der Waals surface area contributed by atoms with E-state index in [1.54, 1.807) is 0 Å². The molecule has 0 aromatic heterocycles. The molecule has 1 aliphatic carbocycles. The number of rotatable bonds is 5. The van der Waals surface area contributed by atoms with Crippen molar-refractivity contribution in [3.63, 3.8) is 0 Å². The third-order valence-electron chi connectivity index (χ3n) is 4.96. The maximum absolute atomic E-state index is 12.1. The zero-order valence-electron chi connectivity index (χ0n) is 17.2. The topological polar surface area (TPSA) is 78.9 Å². The first-order valence-corrected chi connectivity index (χ1v) is 9.76. The Morgan fingerprint density at radius 1 is 1.36 bits per heavy atom. The van der Waals surface area contributed by atoms with Gasteiger partial charge in [-0.1, -0.05) is 26.5 Å². The predicted molar refractivity (Wildman–Crippen MR) is 104 cm³/mol. The van der Waals surface area contributed by atoms with Crippen molar-refractivity contribution in [1.82, 2.24) is 0 Å². The van der Waals surface area contributed by atoms with E-state index in [4.69, 9.17) is 14.2 Å². The molecule has 0 amide bonds. The number of esters is 3. The van der Waals surface area contributed by atoms with Crippen molar-refractivity contribution in [3.8, 4) is 0 Å². The summed E-state index contributed by atoms with van der Waals surface area (Å²) in [5, 5.41) is 0. The highest BCUT2D eigenvalue weighted by atomic mass is 16.6. The molecule has 1 heterocycles. The summed E-state index contributed by atoms with van der Waals surface area (Å²) < 4.78 is 16.4. The minimum absolute atomic E-state index is 0.180. The first-order chi connectivity index (χ1) is 13.2. The van der Waals surface area contributed by atoms with Crippen molar-refractivity contribution in [3.05, 3.63) is 35.5 Å². The number of hydrogen-bond acceptors (Lipinski definition) is 6. The van der Waals surface area contributed by atoms with E-state index in [2.05, 4.69) is 6.58 Å². The molecule has 0 unspecified atom stereocenters. The fourth-order valence-electron chi connectivity index (χ4n) is 3.43. The van der Waals surface area contributed by atoms with Gasteiger partial charge in [0.25, 0.3) is 0 Å². The van der Waals surface area contributed by atoms with Crippen molar-refractivity contribution in [2.45, 2.75) is 65.6 Å². The van der Waals surface area contributed by atoms with Crippen LogP contribution in [0.5, 0.6) is 0 Å². The molecule has 2 rings (SSSR count). The van der Waals surface area contributed by atoms with Crippen LogP contribution in [-0.2, 0) is 28.6 Å². The van der Waals surface area contributed by atoms with E-state index >= 15 is 0 Å². The van der Waals surface area contributed by atoms with Gasteiger partial charge in [-0.05, 0) is 49.3 Å². The van der Waals surface area contributed by atoms with Crippen molar-refractivity contribution >= 4 is 17.9 Å². The van der Waals surface area contributed by atoms with Gasteiger partial charge in [-0.2, -0.15) is 0 Å². The molecule has 6 heteroatoms. The van der Waals surface area contributed by atoms with Crippen LogP contribution in [0.3, 0.4) is 0 Å². The summed E-state index contributed by atoms with van der Waals surface area (Å²) in [6, 6.07) is 0. The number of ether oxygens (including phenoxy) is 3. The van der Waals surface area contributed by atoms with Crippen LogP contribution in [-0.4, -0.2) is 36.7 Å². The van der Waals surface area contributed by atoms with Crippen molar-refractivity contribution in [2.75, 3.05) is 6.61 Å². The average molecular weight is 390 g/mol. The molecule has 0 radical (unpaired) electrons. The Bertz CT molecular complexity index is 700. The Labute approximate surface area is 166 Å². The molecule has 28 heavy (non-hydrogen) atoms. The molecule has 2 aliphatic rings. The smallest absolute Gasteiger partial charge is 0.334 e. The van der Waals surface area contributed by atoms with Crippen LogP contribution in [0, 0.1) is 11.8 Å².